The van der Waals surface area contributed by atoms with Gasteiger partial charge in [0.15, 0.2) is 0 Å². The zero-order valence-corrected chi connectivity index (χ0v) is 13.6. The number of aliphatic carboxylic acids is 1. The van der Waals surface area contributed by atoms with Gasteiger partial charge in [0.25, 0.3) is 5.91 Å². The number of carboxylic acid groups (broad SMARTS) is 1. The lowest BCUT2D eigenvalue weighted by atomic mass is 10.1. The molecule has 132 valence electrons. The molecule has 0 saturated heterocycles. The van der Waals surface area contributed by atoms with Gasteiger partial charge in [-0.2, -0.15) is 13.2 Å². The molecule has 1 saturated carbocycles. The quantitative estimate of drug-likeness (QED) is 0.874. The molecule has 1 aliphatic carbocycles. The van der Waals surface area contributed by atoms with Gasteiger partial charge < -0.3 is 10.0 Å². The van der Waals surface area contributed by atoms with Gasteiger partial charge in [0.2, 0.25) is 0 Å². The largest absolute Gasteiger partial charge is 0.480 e. The van der Waals surface area contributed by atoms with Gasteiger partial charge >= 0.3 is 12.1 Å². The zero-order valence-electron chi connectivity index (χ0n) is 12.8. The van der Waals surface area contributed by atoms with Crippen LogP contribution >= 0.6 is 11.3 Å². The molecule has 2 aromatic rings. The topological polar surface area (TPSA) is 70.5 Å². The highest BCUT2D eigenvalue weighted by Crippen LogP contribution is 2.34. The number of carbonyl (C=O) groups is 2. The molecule has 9 heteroatoms. The van der Waals surface area contributed by atoms with Crippen molar-refractivity contribution < 1.29 is 27.9 Å². The van der Waals surface area contributed by atoms with Crippen molar-refractivity contribution in [2.45, 2.75) is 25.1 Å². The standard InChI is InChI=1S/C16H13F3N2O3S/c17-16(18,19)10-3-1-2-9(6-10)14-20-12(8-25-14)15(24)21(7-13(22)23)11-4-5-11/h1-3,6,8,11H,4-5,7H2,(H,22,23). The lowest BCUT2D eigenvalue weighted by Crippen LogP contribution is -2.37. The van der Waals surface area contributed by atoms with E-state index in [1.165, 1.54) is 22.4 Å². The van der Waals surface area contributed by atoms with Crippen LogP contribution in [0.25, 0.3) is 10.6 Å². The van der Waals surface area contributed by atoms with Crippen LogP contribution in [0.4, 0.5) is 13.2 Å². The molecule has 0 atom stereocenters. The Labute approximate surface area is 144 Å². The first-order chi connectivity index (χ1) is 11.8. The summed E-state index contributed by atoms with van der Waals surface area (Å²) >= 11 is 1.05. The first-order valence-corrected chi connectivity index (χ1v) is 8.29. The van der Waals surface area contributed by atoms with E-state index in [1.807, 2.05) is 0 Å². The normalized spacial score (nSPS) is 14.4. The molecule has 1 aliphatic rings. The van der Waals surface area contributed by atoms with Gasteiger partial charge in [-0.05, 0) is 25.0 Å². The Morgan fingerprint density at radius 2 is 2.04 bits per heavy atom. The van der Waals surface area contributed by atoms with Gasteiger partial charge in [-0.1, -0.05) is 12.1 Å². The van der Waals surface area contributed by atoms with Crippen molar-refractivity contribution in [2.24, 2.45) is 0 Å². The molecular formula is C16H13F3N2O3S. The number of thiazole rings is 1. The minimum absolute atomic E-state index is 0.0468. The second-order valence-electron chi connectivity index (χ2n) is 5.67. The van der Waals surface area contributed by atoms with Gasteiger partial charge in [-0.3, -0.25) is 9.59 Å². The van der Waals surface area contributed by atoms with Crippen LogP contribution in [-0.4, -0.2) is 39.5 Å². The molecule has 1 aromatic heterocycles. The van der Waals surface area contributed by atoms with E-state index in [-0.39, 0.29) is 22.3 Å². The maximum atomic E-state index is 12.8. The molecule has 0 radical (unpaired) electrons. The summed E-state index contributed by atoms with van der Waals surface area (Å²) in [5.74, 6) is -1.63. The number of carbonyl (C=O) groups excluding carboxylic acids is 1. The molecule has 0 unspecified atom stereocenters. The summed E-state index contributed by atoms with van der Waals surface area (Å²) in [5, 5.41) is 10.6. The molecule has 0 spiro atoms. The highest BCUT2D eigenvalue weighted by Gasteiger charge is 2.35. The van der Waals surface area contributed by atoms with Crippen LogP contribution in [0.2, 0.25) is 0 Å². The van der Waals surface area contributed by atoms with E-state index in [2.05, 4.69) is 4.98 Å². The van der Waals surface area contributed by atoms with Crippen LogP contribution in [0, 0.1) is 0 Å². The van der Waals surface area contributed by atoms with Crippen LogP contribution in [0.5, 0.6) is 0 Å². The van der Waals surface area contributed by atoms with Crippen molar-refractivity contribution in [1.29, 1.82) is 0 Å². The minimum atomic E-state index is -4.46. The predicted octanol–water partition coefficient (Wildman–Crippen LogP) is 3.52. The first kappa shape index (κ1) is 17.4. The fraction of sp³-hybridized carbons (Fsp3) is 0.312. The molecule has 1 heterocycles. The Morgan fingerprint density at radius 1 is 1.32 bits per heavy atom. The van der Waals surface area contributed by atoms with Crippen molar-refractivity contribution in [2.75, 3.05) is 6.54 Å². The number of nitrogens with zero attached hydrogens (tertiary/aromatic N) is 2. The van der Waals surface area contributed by atoms with Crippen molar-refractivity contribution in [3.63, 3.8) is 0 Å². The molecule has 0 bridgehead atoms. The van der Waals surface area contributed by atoms with E-state index in [9.17, 15) is 22.8 Å². The Balaban J connectivity index is 1.85. The molecule has 1 aromatic carbocycles. The van der Waals surface area contributed by atoms with Gasteiger partial charge in [0.05, 0.1) is 5.56 Å². The molecule has 25 heavy (non-hydrogen) atoms. The zero-order chi connectivity index (χ0) is 18.2. The van der Waals surface area contributed by atoms with Crippen LogP contribution in [0.1, 0.15) is 28.9 Å². The van der Waals surface area contributed by atoms with Crippen LogP contribution < -0.4 is 0 Å². The van der Waals surface area contributed by atoms with E-state index >= 15 is 0 Å². The number of hydrogen-bond donors (Lipinski definition) is 1. The number of benzene rings is 1. The Kier molecular flexibility index (Phi) is 4.51. The summed E-state index contributed by atoms with van der Waals surface area (Å²) in [6.45, 7) is -0.417. The molecule has 1 fully saturated rings. The fourth-order valence-electron chi connectivity index (χ4n) is 2.38. The van der Waals surface area contributed by atoms with Crippen molar-refractivity contribution in [3.8, 4) is 10.6 Å². The Bertz CT molecular complexity index is 815. The third kappa shape index (κ3) is 3.98. The Morgan fingerprint density at radius 3 is 2.64 bits per heavy atom. The number of halogens is 3. The van der Waals surface area contributed by atoms with Crippen molar-refractivity contribution >= 4 is 23.2 Å². The number of aromatic nitrogens is 1. The summed E-state index contributed by atoms with van der Waals surface area (Å²) in [6, 6.07) is 4.59. The molecule has 5 nitrogen and oxygen atoms in total. The molecule has 1 amide bonds. The second-order valence-corrected chi connectivity index (χ2v) is 6.53. The summed E-state index contributed by atoms with van der Waals surface area (Å²) in [4.78, 5) is 28.7. The number of carboxylic acids is 1. The van der Waals surface area contributed by atoms with Crippen molar-refractivity contribution in [1.82, 2.24) is 9.88 Å². The number of rotatable bonds is 5. The highest BCUT2D eigenvalue weighted by atomic mass is 32.1. The van der Waals surface area contributed by atoms with Gasteiger partial charge in [-0.15, -0.1) is 11.3 Å². The van der Waals surface area contributed by atoms with E-state index < -0.39 is 30.2 Å². The minimum Gasteiger partial charge on any atom is -0.480 e. The third-order valence-corrected chi connectivity index (χ3v) is 4.61. The number of alkyl halides is 3. The predicted molar refractivity (Wildman–Crippen MR) is 84.2 cm³/mol. The van der Waals surface area contributed by atoms with Crippen LogP contribution in [0.3, 0.4) is 0 Å². The molecular weight excluding hydrogens is 357 g/mol. The summed E-state index contributed by atoms with van der Waals surface area (Å²) < 4.78 is 38.4. The van der Waals surface area contributed by atoms with E-state index in [0.717, 1.165) is 36.3 Å². The van der Waals surface area contributed by atoms with Crippen molar-refractivity contribution in [3.05, 3.63) is 40.9 Å². The monoisotopic (exact) mass is 370 g/mol. The first-order valence-electron chi connectivity index (χ1n) is 7.41. The second kappa shape index (κ2) is 6.47. The Hall–Kier alpha value is -2.42. The SMILES string of the molecule is O=C(O)CN(C(=O)c1csc(-c2cccc(C(F)(F)F)c2)n1)C1CC1. The number of amides is 1. The molecule has 1 N–H and O–H groups in total. The van der Waals surface area contributed by atoms with E-state index in [4.69, 9.17) is 5.11 Å². The molecule has 0 aliphatic heterocycles. The average molecular weight is 370 g/mol. The van der Waals surface area contributed by atoms with E-state index in [0.29, 0.717) is 0 Å². The smallest absolute Gasteiger partial charge is 0.416 e. The summed E-state index contributed by atoms with van der Waals surface area (Å²) in [5.41, 5.74) is -0.487. The van der Waals surface area contributed by atoms with Gasteiger partial charge in [0.1, 0.15) is 17.2 Å². The van der Waals surface area contributed by atoms with Gasteiger partial charge in [-0.25, -0.2) is 4.98 Å². The lowest BCUT2D eigenvalue weighted by Gasteiger charge is -2.18. The fourth-order valence-corrected chi connectivity index (χ4v) is 3.17. The van der Waals surface area contributed by atoms with E-state index in [1.54, 1.807) is 0 Å². The lowest BCUT2D eigenvalue weighted by molar-refractivity contribution is -0.138. The molecule has 3 rings (SSSR count). The van der Waals surface area contributed by atoms with Crippen LogP contribution in [0.15, 0.2) is 29.6 Å². The highest BCUT2D eigenvalue weighted by molar-refractivity contribution is 7.13. The maximum absolute atomic E-state index is 12.8. The summed E-state index contributed by atoms with van der Waals surface area (Å²) in [7, 11) is 0. The maximum Gasteiger partial charge on any atom is 0.416 e. The summed E-state index contributed by atoms with van der Waals surface area (Å²) in [6.07, 6.45) is -2.98. The number of hydrogen-bond acceptors (Lipinski definition) is 4. The third-order valence-electron chi connectivity index (χ3n) is 3.71. The average Bonchev–Trinajstić information content (AvgIpc) is 3.27. The van der Waals surface area contributed by atoms with Gasteiger partial charge in [0, 0.05) is 17.0 Å². The van der Waals surface area contributed by atoms with Crippen LogP contribution in [-0.2, 0) is 11.0 Å².